The Morgan fingerprint density at radius 2 is 2.11 bits per heavy atom. The predicted octanol–water partition coefficient (Wildman–Crippen LogP) is 4.54. The van der Waals surface area contributed by atoms with E-state index >= 15 is 0 Å². The third kappa shape index (κ3) is 3.24. The molecule has 0 aliphatic rings. The van der Waals surface area contributed by atoms with Crippen LogP contribution in [0.25, 0.3) is 0 Å². The van der Waals surface area contributed by atoms with Crippen LogP contribution in [0, 0.1) is 24.0 Å². The first kappa shape index (κ1) is 13.8. The second-order valence-electron chi connectivity index (χ2n) is 4.23. The lowest BCUT2D eigenvalue weighted by molar-refractivity contribution is -0.384. The van der Waals surface area contributed by atoms with Crippen molar-refractivity contribution in [2.75, 3.05) is 5.32 Å². The van der Waals surface area contributed by atoms with Gasteiger partial charge in [0, 0.05) is 28.4 Å². The summed E-state index contributed by atoms with van der Waals surface area (Å²) < 4.78 is 0. The van der Waals surface area contributed by atoms with Crippen LogP contribution in [0.5, 0.6) is 0 Å². The highest BCUT2D eigenvalue weighted by molar-refractivity contribution is 7.12. The molecule has 0 spiro atoms. The lowest BCUT2D eigenvalue weighted by atomic mass is 10.2. The molecule has 0 unspecified atom stereocenters. The Hall–Kier alpha value is -1.59. The highest BCUT2D eigenvalue weighted by Crippen LogP contribution is 2.28. The molecule has 0 aliphatic heterocycles. The third-order valence-corrected chi connectivity index (χ3v) is 4.30. The zero-order valence-electron chi connectivity index (χ0n) is 10.6. The molecule has 0 bridgehead atoms. The summed E-state index contributed by atoms with van der Waals surface area (Å²) in [6.07, 6.45) is 0. The lowest BCUT2D eigenvalue weighted by Crippen LogP contribution is -1.98. The Bertz CT molecular complexity index is 606. The summed E-state index contributed by atoms with van der Waals surface area (Å²) in [5.41, 5.74) is 1.98. The Morgan fingerprint density at radius 1 is 1.37 bits per heavy atom. The Balaban J connectivity index is 2.09. The maximum absolute atomic E-state index is 10.6. The molecule has 100 valence electrons. The fourth-order valence-corrected chi connectivity index (χ4v) is 2.91. The van der Waals surface area contributed by atoms with Crippen molar-refractivity contribution in [3.63, 3.8) is 0 Å². The molecule has 0 radical (unpaired) electrons. The number of halogens is 1. The fraction of sp³-hybridized carbons (Fsp3) is 0.231. The van der Waals surface area contributed by atoms with Gasteiger partial charge in [-0.1, -0.05) is 11.6 Å². The van der Waals surface area contributed by atoms with Crippen molar-refractivity contribution < 1.29 is 4.92 Å². The molecule has 1 aromatic carbocycles. The number of benzene rings is 1. The van der Waals surface area contributed by atoms with E-state index in [0.29, 0.717) is 17.3 Å². The number of nitro benzene ring substituents is 1. The van der Waals surface area contributed by atoms with Gasteiger partial charge in [-0.25, -0.2) is 0 Å². The quantitative estimate of drug-likeness (QED) is 0.665. The summed E-state index contributed by atoms with van der Waals surface area (Å²) in [6, 6.07) is 6.56. The minimum atomic E-state index is -0.457. The molecule has 19 heavy (non-hydrogen) atoms. The van der Waals surface area contributed by atoms with Gasteiger partial charge in [-0.2, -0.15) is 0 Å². The van der Waals surface area contributed by atoms with Crippen molar-refractivity contribution in [2.24, 2.45) is 0 Å². The van der Waals surface area contributed by atoms with E-state index in [0.717, 1.165) is 0 Å². The molecular weight excluding hydrogens is 284 g/mol. The summed E-state index contributed by atoms with van der Waals surface area (Å²) in [5, 5.41) is 14.2. The van der Waals surface area contributed by atoms with Gasteiger partial charge in [0.05, 0.1) is 15.6 Å². The van der Waals surface area contributed by atoms with Gasteiger partial charge in [0.15, 0.2) is 0 Å². The zero-order chi connectivity index (χ0) is 14.0. The van der Waals surface area contributed by atoms with Crippen LogP contribution in [-0.4, -0.2) is 4.92 Å². The number of hydrogen-bond donors (Lipinski definition) is 1. The number of nitrogens with zero attached hydrogens (tertiary/aromatic N) is 1. The van der Waals surface area contributed by atoms with E-state index in [1.807, 2.05) is 0 Å². The van der Waals surface area contributed by atoms with Crippen LogP contribution in [0.4, 0.5) is 11.4 Å². The van der Waals surface area contributed by atoms with Crippen LogP contribution >= 0.6 is 22.9 Å². The number of rotatable bonds is 4. The third-order valence-electron chi connectivity index (χ3n) is 2.83. The van der Waals surface area contributed by atoms with Crippen molar-refractivity contribution in [1.82, 2.24) is 0 Å². The van der Waals surface area contributed by atoms with E-state index < -0.39 is 4.92 Å². The average molecular weight is 297 g/mol. The SMILES string of the molecule is Cc1cc(CNc2ccc([N+](=O)[O-])cc2Cl)sc1C. The molecule has 2 aromatic rings. The van der Waals surface area contributed by atoms with E-state index in [9.17, 15) is 10.1 Å². The van der Waals surface area contributed by atoms with Gasteiger partial charge in [0.2, 0.25) is 0 Å². The van der Waals surface area contributed by atoms with Crippen molar-refractivity contribution in [2.45, 2.75) is 20.4 Å². The number of hydrogen-bond acceptors (Lipinski definition) is 4. The minimum Gasteiger partial charge on any atom is -0.379 e. The van der Waals surface area contributed by atoms with E-state index in [1.54, 1.807) is 17.4 Å². The van der Waals surface area contributed by atoms with Gasteiger partial charge in [0.25, 0.3) is 5.69 Å². The first-order chi connectivity index (χ1) is 8.97. The van der Waals surface area contributed by atoms with Gasteiger partial charge >= 0.3 is 0 Å². The number of anilines is 1. The summed E-state index contributed by atoms with van der Waals surface area (Å²) >= 11 is 7.75. The number of non-ortho nitro benzene ring substituents is 1. The lowest BCUT2D eigenvalue weighted by Gasteiger charge is -2.06. The maximum Gasteiger partial charge on any atom is 0.271 e. The Kier molecular flexibility index (Phi) is 4.07. The van der Waals surface area contributed by atoms with E-state index in [-0.39, 0.29) is 5.69 Å². The molecule has 1 aromatic heterocycles. The second kappa shape index (κ2) is 5.59. The van der Waals surface area contributed by atoms with Crippen LogP contribution < -0.4 is 5.32 Å². The number of nitro groups is 1. The molecule has 4 nitrogen and oxygen atoms in total. The Morgan fingerprint density at radius 3 is 2.63 bits per heavy atom. The Labute approximate surface area is 120 Å². The van der Waals surface area contributed by atoms with Gasteiger partial charge in [-0.3, -0.25) is 10.1 Å². The van der Waals surface area contributed by atoms with Crippen LogP contribution in [0.2, 0.25) is 5.02 Å². The smallest absolute Gasteiger partial charge is 0.271 e. The van der Waals surface area contributed by atoms with Crippen molar-refractivity contribution >= 4 is 34.3 Å². The maximum atomic E-state index is 10.6. The first-order valence-corrected chi connectivity index (χ1v) is 6.90. The summed E-state index contributed by atoms with van der Waals surface area (Å²) in [7, 11) is 0. The predicted molar refractivity (Wildman–Crippen MR) is 79.2 cm³/mol. The molecule has 2 rings (SSSR count). The summed E-state index contributed by atoms with van der Waals surface area (Å²) in [5.74, 6) is 0. The second-order valence-corrected chi connectivity index (χ2v) is 5.97. The largest absolute Gasteiger partial charge is 0.379 e. The van der Waals surface area contributed by atoms with Crippen molar-refractivity contribution in [3.8, 4) is 0 Å². The van der Waals surface area contributed by atoms with Crippen LogP contribution in [0.3, 0.4) is 0 Å². The molecule has 0 amide bonds. The molecule has 1 N–H and O–H groups in total. The normalized spacial score (nSPS) is 10.5. The number of aryl methyl sites for hydroxylation is 2. The van der Waals surface area contributed by atoms with Gasteiger partial charge < -0.3 is 5.32 Å². The fourth-order valence-electron chi connectivity index (χ4n) is 1.68. The van der Waals surface area contributed by atoms with E-state index in [2.05, 4.69) is 25.2 Å². The zero-order valence-corrected chi connectivity index (χ0v) is 12.1. The van der Waals surface area contributed by atoms with Crippen molar-refractivity contribution in [1.29, 1.82) is 0 Å². The summed E-state index contributed by atoms with van der Waals surface area (Å²) in [4.78, 5) is 12.7. The van der Waals surface area contributed by atoms with Crippen LogP contribution in [0.15, 0.2) is 24.3 Å². The molecule has 0 fully saturated rings. The van der Waals surface area contributed by atoms with Gasteiger partial charge in [0.1, 0.15) is 0 Å². The molecule has 0 aliphatic carbocycles. The molecule has 0 saturated carbocycles. The van der Waals surface area contributed by atoms with Crippen molar-refractivity contribution in [3.05, 3.63) is 54.7 Å². The highest BCUT2D eigenvalue weighted by Gasteiger charge is 2.09. The highest BCUT2D eigenvalue weighted by atomic mass is 35.5. The number of nitrogens with one attached hydrogen (secondary N) is 1. The summed E-state index contributed by atoms with van der Waals surface area (Å²) in [6.45, 7) is 4.83. The molecule has 0 atom stereocenters. The number of thiophene rings is 1. The first-order valence-electron chi connectivity index (χ1n) is 5.71. The molecule has 6 heteroatoms. The topological polar surface area (TPSA) is 55.2 Å². The van der Waals surface area contributed by atoms with Crippen LogP contribution in [-0.2, 0) is 6.54 Å². The molecular formula is C13H13ClN2O2S. The molecule has 1 heterocycles. The van der Waals surface area contributed by atoms with Gasteiger partial charge in [-0.05, 0) is 31.5 Å². The van der Waals surface area contributed by atoms with E-state index in [4.69, 9.17) is 11.6 Å². The van der Waals surface area contributed by atoms with E-state index in [1.165, 1.54) is 27.5 Å². The van der Waals surface area contributed by atoms with Crippen LogP contribution in [0.1, 0.15) is 15.3 Å². The van der Waals surface area contributed by atoms with Gasteiger partial charge in [-0.15, -0.1) is 11.3 Å². The monoisotopic (exact) mass is 296 g/mol. The average Bonchev–Trinajstić information content (AvgIpc) is 2.67. The standard InChI is InChI=1S/C13H13ClN2O2S/c1-8-5-11(19-9(8)2)7-15-13-4-3-10(16(17)18)6-12(13)14/h3-6,15H,7H2,1-2H3. The molecule has 0 saturated heterocycles. The minimum absolute atomic E-state index is 0.00152.